The fourth-order valence-corrected chi connectivity index (χ4v) is 4.60. The number of hydrogen-bond acceptors (Lipinski definition) is 3. The topological polar surface area (TPSA) is 31.4 Å². The molecule has 5 rings (SSSR count). The van der Waals surface area contributed by atoms with Crippen molar-refractivity contribution < 1.29 is 9.31 Å². The summed E-state index contributed by atoms with van der Waals surface area (Å²) in [6.45, 7) is 13.0. The van der Waals surface area contributed by atoms with Crippen molar-refractivity contribution in [1.82, 2.24) is 4.98 Å². The number of nitrogens with zero attached hydrogens (tertiary/aromatic N) is 1. The molecule has 1 aliphatic heterocycles. The number of rotatable bonds is 2. The zero-order chi connectivity index (χ0) is 21.3. The molecule has 2 aromatic carbocycles. The maximum Gasteiger partial charge on any atom is 0.494 e. The number of pyridine rings is 1. The van der Waals surface area contributed by atoms with E-state index in [1.165, 1.54) is 33.4 Å². The lowest BCUT2D eigenvalue weighted by Gasteiger charge is -2.32. The molecule has 1 saturated heterocycles. The van der Waals surface area contributed by atoms with Gasteiger partial charge in [0.05, 0.1) is 11.2 Å². The van der Waals surface area contributed by atoms with Gasteiger partial charge in [-0.1, -0.05) is 44.2 Å². The van der Waals surface area contributed by atoms with Crippen molar-refractivity contribution in [3.05, 3.63) is 72.1 Å². The third-order valence-corrected chi connectivity index (χ3v) is 7.24. The zero-order valence-corrected chi connectivity index (χ0v) is 18.6. The van der Waals surface area contributed by atoms with Crippen molar-refractivity contribution >= 4 is 12.6 Å². The van der Waals surface area contributed by atoms with Gasteiger partial charge in [0.15, 0.2) is 0 Å². The van der Waals surface area contributed by atoms with Crippen molar-refractivity contribution in [2.75, 3.05) is 0 Å². The Kier molecular flexibility index (Phi) is 4.09. The van der Waals surface area contributed by atoms with Crippen LogP contribution in [0.4, 0.5) is 0 Å². The van der Waals surface area contributed by atoms with Crippen LogP contribution in [0.2, 0.25) is 0 Å². The quantitative estimate of drug-likeness (QED) is 0.546. The second-order valence-electron chi connectivity index (χ2n) is 10.0. The van der Waals surface area contributed by atoms with Crippen LogP contribution in [0.3, 0.4) is 0 Å². The summed E-state index contributed by atoms with van der Waals surface area (Å²) in [7, 11) is -0.341. The average Bonchev–Trinajstić information content (AvgIpc) is 3.08. The van der Waals surface area contributed by atoms with Crippen LogP contribution in [0.25, 0.3) is 22.3 Å². The van der Waals surface area contributed by atoms with Gasteiger partial charge in [-0.3, -0.25) is 4.98 Å². The first kappa shape index (κ1) is 19.5. The van der Waals surface area contributed by atoms with E-state index in [1.807, 2.05) is 12.4 Å². The van der Waals surface area contributed by atoms with Crippen LogP contribution in [0, 0.1) is 0 Å². The predicted octanol–water partition coefficient (Wildman–Crippen LogP) is 5.35. The molecule has 30 heavy (non-hydrogen) atoms. The second kappa shape index (κ2) is 6.29. The van der Waals surface area contributed by atoms with Crippen LogP contribution in [0.1, 0.15) is 52.7 Å². The minimum Gasteiger partial charge on any atom is -0.399 e. The van der Waals surface area contributed by atoms with Crippen molar-refractivity contribution in [2.24, 2.45) is 0 Å². The first-order valence-electron chi connectivity index (χ1n) is 10.7. The highest BCUT2D eigenvalue weighted by Gasteiger charge is 2.52. The molecular formula is C26H28BNO2. The fraction of sp³-hybridized carbons (Fsp3) is 0.346. The molecule has 0 spiro atoms. The van der Waals surface area contributed by atoms with E-state index in [4.69, 9.17) is 9.31 Å². The first-order valence-corrected chi connectivity index (χ1v) is 10.7. The van der Waals surface area contributed by atoms with Gasteiger partial charge < -0.3 is 9.31 Å². The molecule has 0 unspecified atom stereocenters. The van der Waals surface area contributed by atoms with Gasteiger partial charge in [-0.05, 0) is 84.7 Å². The van der Waals surface area contributed by atoms with Crippen molar-refractivity contribution in [1.29, 1.82) is 0 Å². The van der Waals surface area contributed by atoms with Gasteiger partial charge in [-0.15, -0.1) is 0 Å². The van der Waals surface area contributed by atoms with E-state index in [0.29, 0.717) is 0 Å². The molecule has 0 atom stereocenters. The SMILES string of the molecule is CC1(C)c2cc(B3OC(C)(C)C(C)(C)O3)ccc2-c2ccc(-c3ccncc3)cc21. The third kappa shape index (κ3) is 2.78. The molecule has 3 nitrogen and oxygen atoms in total. The predicted molar refractivity (Wildman–Crippen MR) is 123 cm³/mol. The molecule has 1 fully saturated rings. The smallest absolute Gasteiger partial charge is 0.399 e. The van der Waals surface area contributed by atoms with Crippen molar-refractivity contribution in [2.45, 2.75) is 58.2 Å². The molecule has 4 heteroatoms. The molecule has 0 saturated carbocycles. The Morgan fingerprint density at radius 1 is 0.667 bits per heavy atom. The number of hydrogen-bond donors (Lipinski definition) is 0. The average molecular weight is 397 g/mol. The molecule has 0 amide bonds. The summed E-state index contributed by atoms with van der Waals surface area (Å²) < 4.78 is 12.6. The summed E-state index contributed by atoms with van der Waals surface area (Å²) in [6.07, 6.45) is 3.69. The van der Waals surface area contributed by atoms with Gasteiger partial charge >= 0.3 is 7.12 Å². The Labute approximate surface area is 179 Å². The van der Waals surface area contributed by atoms with Crippen LogP contribution in [0.15, 0.2) is 60.9 Å². The van der Waals surface area contributed by atoms with Gasteiger partial charge in [-0.2, -0.15) is 0 Å². The standard InChI is InChI=1S/C26H28BNO2/c1-24(2)22-15-18(17-11-13-28-14-12-17)7-9-20(22)21-10-8-19(16-23(21)24)27-29-25(3,4)26(5,6)30-27/h7-16H,1-6H3. The minimum absolute atomic E-state index is 0.0899. The first-order chi connectivity index (χ1) is 14.1. The highest BCUT2D eigenvalue weighted by molar-refractivity contribution is 6.62. The molecular weight excluding hydrogens is 369 g/mol. The van der Waals surface area contributed by atoms with E-state index in [2.05, 4.69) is 95.1 Å². The van der Waals surface area contributed by atoms with Crippen LogP contribution in [0.5, 0.6) is 0 Å². The molecule has 0 N–H and O–H groups in total. The molecule has 3 aromatic rings. The lowest BCUT2D eigenvalue weighted by atomic mass is 9.74. The summed E-state index contributed by atoms with van der Waals surface area (Å²) >= 11 is 0. The lowest BCUT2D eigenvalue weighted by molar-refractivity contribution is 0.00578. The van der Waals surface area contributed by atoms with E-state index in [1.54, 1.807) is 0 Å². The minimum atomic E-state index is -0.341. The number of benzene rings is 2. The van der Waals surface area contributed by atoms with Crippen LogP contribution < -0.4 is 5.46 Å². The summed E-state index contributed by atoms with van der Waals surface area (Å²) in [5, 5.41) is 0. The molecule has 1 aliphatic carbocycles. The van der Waals surface area contributed by atoms with E-state index < -0.39 is 0 Å². The molecule has 1 aromatic heterocycles. The van der Waals surface area contributed by atoms with E-state index in [9.17, 15) is 0 Å². The Morgan fingerprint density at radius 3 is 1.87 bits per heavy atom. The van der Waals surface area contributed by atoms with E-state index >= 15 is 0 Å². The lowest BCUT2D eigenvalue weighted by Crippen LogP contribution is -2.41. The summed E-state index contributed by atoms with van der Waals surface area (Å²) in [4.78, 5) is 4.15. The highest BCUT2D eigenvalue weighted by atomic mass is 16.7. The van der Waals surface area contributed by atoms with Gasteiger partial charge in [0.1, 0.15) is 0 Å². The number of aromatic nitrogens is 1. The van der Waals surface area contributed by atoms with E-state index in [0.717, 1.165) is 5.46 Å². The molecule has 0 bridgehead atoms. The zero-order valence-electron chi connectivity index (χ0n) is 18.6. The van der Waals surface area contributed by atoms with E-state index in [-0.39, 0.29) is 23.7 Å². The Balaban J connectivity index is 1.56. The Bertz CT molecular complexity index is 1120. The summed E-state index contributed by atoms with van der Waals surface area (Å²) in [5.41, 5.74) is 8.04. The molecule has 152 valence electrons. The molecule has 0 radical (unpaired) electrons. The molecule has 2 aliphatic rings. The van der Waals surface area contributed by atoms with Gasteiger partial charge in [-0.25, -0.2) is 0 Å². The van der Waals surface area contributed by atoms with Crippen molar-refractivity contribution in [3.8, 4) is 22.3 Å². The summed E-state index contributed by atoms with van der Waals surface area (Å²) in [6, 6.07) is 17.6. The maximum atomic E-state index is 6.30. The molecule has 2 heterocycles. The van der Waals surface area contributed by atoms with Crippen LogP contribution >= 0.6 is 0 Å². The van der Waals surface area contributed by atoms with Gasteiger partial charge in [0.2, 0.25) is 0 Å². The van der Waals surface area contributed by atoms with Crippen molar-refractivity contribution in [3.63, 3.8) is 0 Å². The Hall–Kier alpha value is -2.43. The van der Waals surface area contributed by atoms with Crippen LogP contribution in [-0.4, -0.2) is 23.3 Å². The van der Waals surface area contributed by atoms with Gasteiger partial charge in [0.25, 0.3) is 0 Å². The summed E-state index contributed by atoms with van der Waals surface area (Å²) in [5.74, 6) is 0. The fourth-order valence-electron chi connectivity index (χ4n) is 4.60. The van der Waals surface area contributed by atoms with Gasteiger partial charge in [0, 0.05) is 17.8 Å². The Morgan fingerprint density at radius 2 is 1.23 bits per heavy atom. The largest absolute Gasteiger partial charge is 0.494 e. The van der Waals surface area contributed by atoms with Crippen LogP contribution in [-0.2, 0) is 14.7 Å². The maximum absolute atomic E-state index is 6.30. The normalized spacial score (nSPS) is 20.1. The highest BCUT2D eigenvalue weighted by Crippen LogP contribution is 2.49. The second-order valence-corrected chi connectivity index (χ2v) is 10.0. The monoisotopic (exact) mass is 397 g/mol. The number of fused-ring (bicyclic) bond motifs is 3. The third-order valence-electron chi connectivity index (χ3n) is 7.24.